The number of Topliss-reactive ketones (excluding diaryl/α,β-unsaturated/α-hetero) is 1. The highest BCUT2D eigenvalue weighted by Crippen LogP contribution is 2.39. The lowest BCUT2D eigenvalue weighted by molar-refractivity contribution is -0.319. The highest BCUT2D eigenvalue weighted by molar-refractivity contribution is 6.30. The Morgan fingerprint density at radius 1 is 1.14 bits per heavy atom. The van der Waals surface area contributed by atoms with Crippen molar-refractivity contribution in [3.05, 3.63) is 29.3 Å². The quantitative estimate of drug-likeness (QED) is 0.315. The number of benzene rings is 1. The lowest BCUT2D eigenvalue weighted by Gasteiger charge is -2.44. The van der Waals surface area contributed by atoms with Crippen LogP contribution in [0.15, 0.2) is 24.3 Å². The number of esters is 1. The number of methoxy groups -OCH3 is 1. The van der Waals surface area contributed by atoms with E-state index in [0.717, 1.165) is 0 Å². The number of likely N-dealkylation sites (N-methyl/N-ethyl adjacent to an activating group) is 1. The Balaban J connectivity index is 1.91. The molecule has 2 saturated heterocycles. The number of rotatable bonds is 6. The third-order valence-electron chi connectivity index (χ3n) is 9.59. The van der Waals surface area contributed by atoms with E-state index in [1.165, 1.54) is 27.9 Å². The summed E-state index contributed by atoms with van der Waals surface area (Å²) >= 11 is 6.00. The first-order chi connectivity index (χ1) is 23.4. The number of ether oxygens (including phenoxy) is 4. The molecule has 14 heteroatoms. The van der Waals surface area contributed by atoms with E-state index in [1.807, 2.05) is 44.8 Å². The van der Waals surface area contributed by atoms with E-state index in [4.69, 9.17) is 30.5 Å². The third kappa shape index (κ3) is 11.3. The number of hydrogen-bond acceptors (Lipinski definition) is 10. The summed E-state index contributed by atoms with van der Waals surface area (Å²) in [4.78, 5) is 46.4. The molecule has 3 rings (SSSR count). The minimum atomic E-state index is -2.51. The molecule has 0 aliphatic carbocycles. The van der Waals surface area contributed by atoms with Gasteiger partial charge in [0.25, 0.3) is 0 Å². The average molecular weight is 729 g/mol. The van der Waals surface area contributed by atoms with Gasteiger partial charge in [-0.3, -0.25) is 9.59 Å². The zero-order valence-corrected chi connectivity index (χ0v) is 31.9. The number of halogens is 2. The first-order valence-corrected chi connectivity index (χ1v) is 17.8. The molecule has 1 unspecified atom stereocenters. The number of aliphatic hydroxyl groups is 1. The molecule has 12 nitrogen and oxygen atoms in total. The maximum atomic E-state index is 17.3. The molecular formula is C36H58ClFN4O8. The number of ketones is 1. The van der Waals surface area contributed by atoms with Crippen LogP contribution in [0.2, 0.25) is 5.02 Å². The molecule has 2 heterocycles. The Morgan fingerprint density at radius 2 is 1.80 bits per heavy atom. The number of cyclic esters (lactones) is 1. The summed E-state index contributed by atoms with van der Waals surface area (Å²) in [6.45, 7) is 10.2. The van der Waals surface area contributed by atoms with Crippen molar-refractivity contribution in [3.8, 4) is 0 Å². The van der Waals surface area contributed by atoms with Crippen LogP contribution < -0.4 is 5.32 Å². The van der Waals surface area contributed by atoms with Crippen LogP contribution >= 0.6 is 11.6 Å². The lowest BCUT2D eigenvalue weighted by Crippen LogP contribution is -2.57. The number of hydrogen-bond donors (Lipinski definition) is 2. The van der Waals surface area contributed by atoms with Gasteiger partial charge in [0.2, 0.25) is 5.85 Å². The maximum absolute atomic E-state index is 17.3. The van der Waals surface area contributed by atoms with E-state index < -0.39 is 47.4 Å². The summed E-state index contributed by atoms with van der Waals surface area (Å²) in [5.74, 6) is -5.61. The molecule has 50 heavy (non-hydrogen) atoms. The van der Waals surface area contributed by atoms with Gasteiger partial charge in [-0.15, -0.1) is 0 Å². The van der Waals surface area contributed by atoms with Crippen LogP contribution in [0.4, 0.5) is 14.9 Å². The second-order valence-corrected chi connectivity index (χ2v) is 15.3. The molecule has 0 saturated carbocycles. The van der Waals surface area contributed by atoms with Gasteiger partial charge in [0.1, 0.15) is 17.6 Å². The number of aliphatic hydroxyl groups excluding tert-OH is 1. The van der Waals surface area contributed by atoms with Crippen molar-refractivity contribution >= 4 is 35.1 Å². The average Bonchev–Trinajstić information content (AvgIpc) is 3.04. The molecule has 8 atom stereocenters. The fourth-order valence-corrected chi connectivity index (χ4v) is 7.01. The van der Waals surface area contributed by atoms with E-state index in [0.29, 0.717) is 49.7 Å². The van der Waals surface area contributed by atoms with Crippen LogP contribution in [-0.4, -0.2) is 136 Å². The second kappa shape index (κ2) is 18.4. The molecule has 0 spiro atoms. The molecule has 284 valence electrons. The summed E-state index contributed by atoms with van der Waals surface area (Å²) in [5, 5.41) is 14.7. The fraction of sp³-hybridized carbons (Fsp3) is 0.750. The summed E-state index contributed by atoms with van der Waals surface area (Å²) in [6.07, 6.45) is -3.42. The summed E-state index contributed by atoms with van der Waals surface area (Å²) in [6, 6.07) is 6.43. The molecule has 0 bridgehead atoms. The lowest BCUT2D eigenvalue weighted by atomic mass is 9.77. The zero-order chi connectivity index (χ0) is 37.4. The highest BCUT2D eigenvalue weighted by atomic mass is 35.5. The number of anilines is 1. The van der Waals surface area contributed by atoms with Crippen LogP contribution in [0.25, 0.3) is 0 Å². The first-order valence-electron chi connectivity index (χ1n) is 17.5. The van der Waals surface area contributed by atoms with Gasteiger partial charge in [0, 0.05) is 68.8 Å². The summed E-state index contributed by atoms with van der Waals surface area (Å²) < 4.78 is 40.8. The number of nitrogens with zero attached hydrogens (tertiary/aromatic N) is 3. The SMILES string of the molecule is CO[C@]1(F)C[C@@H](C)CN(C)CCN(C(=O)Nc2ccc(Cl)cc2)CCCOC(=O)C(C)(C)C(=O)[C@H](C)[C@H]1O[C@@H]1O[C@H](C)CC(CN(C)C)[C@H]1O. The van der Waals surface area contributed by atoms with Gasteiger partial charge in [0.05, 0.1) is 12.7 Å². The van der Waals surface area contributed by atoms with E-state index in [2.05, 4.69) is 5.32 Å². The van der Waals surface area contributed by atoms with Crippen LogP contribution in [0, 0.1) is 23.2 Å². The first kappa shape index (κ1) is 42.0. The molecule has 1 aromatic rings. The van der Waals surface area contributed by atoms with Crippen molar-refractivity contribution in [1.29, 1.82) is 0 Å². The minimum Gasteiger partial charge on any atom is -0.465 e. The third-order valence-corrected chi connectivity index (χ3v) is 9.84. The van der Waals surface area contributed by atoms with Gasteiger partial charge in [-0.05, 0) is 84.9 Å². The van der Waals surface area contributed by atoms with Crippen molar-refractivity contribution in [3.63, 3.8) is 0 Å². The Hall–Kier alpha value is -2.39. The van der Waals surface area contributed by atoms with E-state index in [1.54, 1.807) is 29.2 Å². The smallest absolute Gasteiger partial charge is 0.321 e. The number of carbonyl (C=O) groups is 3. The van der Waals surface area contributed by atoms with Crippen molar-refractivity contribution in [2.24, 2.45) is 23.2 Å². The van der Waals surface area contributed by atoms with Crippen LogP contribution in [0.5, 0.6) is 0 Å². The molecular weight excluding hydrogens is 671 g/mol. The number of nitrogens with one attached hydrogen (secondary N) is 1. The van der Waals surface area contributed by atoms with Crippen LogP contribution in [0.3, 0.4) is 0 Å². The Labute approximate surface area is 301 Å². The molecule has 2 N–H and O–H groups in total. The van der Waals surface area contributed by atoms with Crippen molar-refractivity contribution < 1.29 is 42.8 Å². The van der Waals surface area contributed by atoms with Crippen LogP contribution in [0.1, 0.15) is 53.9 Å². The summed E-state index contributed by atoms with van der Waals surface area (Å²) in [5.41, 5.74) is -1.09. The molecule has 2 fully saturated rings. The fourth-order valence-electron chi connectivity index (χ4n) is 6.88. The van der Waals surface area contributed by atoms with Gasteiger partial charge in [0.15, 0.2) is 12.1 Å². The predicted molar refractivity (Wildman–Crippen MR) is 190 cm³/mol. The largest absolute Gasteiger partial charge is 0.465 e. The minimum absolute atomic E-state index is 0.0418. The van der Waals surface area contributed by atoms with Crippen LogP contribution in [-0.2, 0) is 28.5 Å². The molecule has 1 aromatic carbocycles. The van der Waals surface area contributed by atoms with Gasteiger partial charge < -0.3 is 44.1 Å². The molecule has 0 radical (unpaired) electrons. The summed E-state index contributed by atoms with van der Waals surface area (Å²) in [7, 11) is 6.91. The Morgan fingerprint density at radius 3 is 2.42 bits per heavy atom. The predicted octanol–water partition coefficient (Wildman–Crippen LogP) is 4.68. The van der Waals surface area contributed by atoms with Crippen molar-refractivity contribution in [2.45, 2.75) is 84.3 Å². The van der Waals surface area contributed by atoms with E-state index in [-0.39, 0.29) is 43.5 Å². The standard InChI is InChI=1S/C36H58ClFN4O8/c1-23-20-36(38,47-9)31(50-32-29(43)26(22-40(6)7)19-24(2)49-32)25(3)30(44)35(4,5)33(45)48-18-10-15-42(17-16-41(8)21-23)34(46)39-28-13-11-27(37)12-14-28/h11-14,23-26,29,31-32,43H,10,15-22H2,1-9H3,(H,39,46)/t23-,24-,25+,26?,29-,31-,32+,36-/m1/s1. The van der Waals surface area contributed by atoms with Gasteiger partial charge in [-0.1, -0.05) is 25.4 Å². The van der Waals surface area contributed by atoms with Gasteiger partial charge >= 0.3 is 12.0 Å². The molecule has 2 amide bonds. The Bertz CT molecular complexity index is 1270. The number of amides is 2. The zero-order valence-electron chi connectivity index (χ0n) is 31.1. The number of carbonyl (C=O) groups excluding carboxylic acids is 3. The number of alkyl halides is 1. The molecule has 2 aliphatic heterocycles. The van der Waals surface area contributed by atoms with Crippen molar-refractivity contribution in [2.75, 3.05) is 72.9 Å². The van der Waals surface area contributed by atoms with Gasteiger partial charge in [-0.2, -0.15) is 0 Å². The Kier molecular flexibility index (Phi) is 15.5. The highest BCUT2D eigenvalue weighted by Gasteiger charge is 2.53. The number of urea groups is 1. The molecule has 2 aliphatic rings. The molecule has 0 aromatic heterocycles. The van der Waals surface area contributed by atoms with E-state index >= 15 is 4.39 Å². The van der Waals surface area contributed by atoms with Gasteiger partial charge in [-0.25, -0.2) is 9.18 Å². The van der Waals surface area contributed by atoms with Crippen molar-refractivity contribution in [1.82, 2.24) is 14.7 Å². The monoisotopic (exact) mass is 728 g/mol. The maximum Gasteiger partial charge on any atom is 0.321 e. The van der Waals surface area contributed by atoms with E-state index in [9.17, 15) is 19.5 Å². The topological polar surface area (TPSA) is 130 Å². The normalized spacial score (nSPS) is 32.7. The second-order valence-electron chi connectivity index (χ2n) is 14.9.